The lowest BCUT2D eigenvalue weighted by Gasteiger charge is -2.06. The lowest BCUT2D eigenvalue weighted by Crippen LogP contribution is -2.18. The van der Waals surface area contributed by atoms with Crippen molar-refractivity contribution in [2.24, 2.45) is 5.73 Å². The van der Waals surface area contributed by atoms with Crippen LogP contribution in [0.25, 0.3) is 0 Å². The fraction of sp³-hybridized carbons (Fsp3) is 0.375. The normalized spacial score (nSPS) is 19.8. The Balaban J connectivity index is 2.33. The number of rotatable bonds is 1. The van der Waals surface area contributed by atoms with Crippen LogP contribution < -0.4 is 5.73 Å². The molecule has 3 heteroatoms. The molecule has 0 radical (unpaired) electrons. The van der Waals surface area contributed by atoms with Crippen molar-refractivity contribution in [2.75, 3.05) is 0 Å². The van der Waals surface area contributed by atoms with Gasteiger partial charge in [0, 0.05) is 11.7 Å². The molecule has 1 aromatic heterocycles. The van der Waals surface area contributed by atoms with E-state index in [0.717, 1.165) is 18.4 Å². The summed E-state index contributed by atoms with van der Waals surface area (Å²) in [6.07, 6.45) is 3.89. The highest BCUT2D eigenvalue weighted by atomic mass is 35.5. The molecule has 0 saturated heterocycles. The van der Waals surface area contributed by atoms with Gasteiger partial charge in [-0.15, -0.1) is 0 Å². The van der Waals surface area contributed by atoms with Gasteiger partial charge in [0.15, 0.2) is 0 Å². The van der Waals surface area contributed by atoms with Gasteiger partial charge < -0.3 is 5.73 Å². The van der Waals surface area contributed by atoms with Crippen molar-refractivity contribution < 1.29 is 0 Å². The first-order valence-corrected chi connectivity index (χ1v) is 3.99. The average molecular weight is 169 g/mol. The molecule has 1 saturated carbocycles. The predicted octanol–water partition coefficient (Wildman–Crippen LogP) is 1.68. The van der Waals surface area contributed by atoms with Crippen LogP contribution in [0.5, 0.6) is 0 Å². The number of hydrogen-bond acceptors (Lipinski definition) is 2. The number of halogens is 1. The van der Waals surface area contributed by atoms with Crippen molar-refractivity contribution in [2.45, 2.75) is 18.4 Å². The maximum Gasteiger partial charge on any atom is 0.129 e. The molecule has 2 N–H and O–H groups in total. The Morgan fingerprint density at radius 3 is 2.64 bits per heavy atom. The van der Waals surface area contributed by atoms with Crippen molar-refractivity contribution in [1.82, 2.24) is 4.98 Å². The standard InChI is InChI=1S/C8H9ClN2/c9-7-2-1-6(5-11-7)8(10)3-4-8/h1-2,5H,3-4,10H2. The molecule has 1 fully saturated rings. The maximum atomic E-state index is 5.93. The van der Waals surface area contributed by atoms with Gasteiger partial charge in [0.2, 0.25) is 0 Å². The summed E-state index contributed by atoms with van der Waals surface area (Å²) < 4.78 is 0. The van der Waals surface area contributed by atoms with Crippen molar-refractivity contribution >= 4 is 11.6 Å². The summed E-state index contributed by atoms with van der Waals surface area (Å²) in [4.78, 5) is 3.97. The molecule has 0 atom stereocenters. The zero-order valence-electron chi connectivity index (χ0n) is 6.05. The average Bonchev–Trinajstić information content (AvgIpc) is 2.70. The Kier molecular flexibility index (Phi) is 1.41. The minimum absolute atomic E-state index is 0.0857. The molecule has 1 aliphatic rings. The Bertz CT molecular complexity index is 264. The molecule has 1 aliphatic carbocycles. The highest BCUT2D eigenvalue weighted by Gasteiger charge is 2.40. The molecule has 2 rings (SSSR count). The van der Waals surface area contributed by atoms with E-state index in [2.05, 4.69) is 4.98 Å². The van der Waals surface area contributed by atoms with Crippen LogP contribution in [0.4, 0.5) is 0 Å². The third-order valence-electron chi connectivity index (χ3n) is 2.09. The van der Waals surface area contributed by atoms with E-state index in [0.29, 0.717) is 5.15 Å². The van der Waals surface area contributed by atoms with Crippen LogP contribution in [0.15, 0.2) is 18.3 Å². The third-order valence-corrected chi connectivity index (χ3v) is 2.31. The molecule has 0 unspecified atom stereocenters. The number of aromatic nitrogens is 1. The van der Waals surface area contributed by atoms with Crippen molar-refractivity contribution in [3.63, 3.8) is 0 Å². The summed E-state index contributed by atoms with van der Waals surface area (Å²) in [7, 11) is 0. The summed E-state index contributed by atoms with van der Waals surface area (Å²) in [5.74, 6) is 0. The Hall–Kier alpha value is -0.600. The van der Waals surface area contributed by atoms with Crippen LogP contribution in [-0.4, -0.2) is 4.98 Å². The molecule has 0 aliphatic heterocycles. The number of nitrogens with zero attached hydrogens (tertiary/aromatic N) is 1. The maximum absolute atomic E-state index is 5.93. The van der Waals surface area contributed by atoms with E-state index in [1.54, 1.807) is 12.3 Å². The Morgan fingerprint density at radius 2 is 2.18 bits per heavy atom. The van der Waals surface area contributed by atoms with Crippen LogP contribution in [0.3, 0.4) is 0 Å². The second-order valence-electron chi connectivity index (χ2n) is 3.03. The lowest BCUT2D eigenvalue weighted by atomic mass is 10.1. The van der Waals surface area contributed by atoms with E-state index in [1.807, 2.05) is 6.07 Å². The van der Waals surface area contributed by atoms with Gasteiger partial charge in [-0.3, -0.25) is 0 Å². The predicted molar refractivity (Wildman–Crippen MR) is 44.3 cm³/mol. The van der Waals surface area contributed by atoms with Crippen LogP contribution >= 0.6 is 11.6 Å². The quantitative estimate of drug-likeness (QED) is 0.649. The largest absolute Gasteiger partial charge is 0.321 e. The van der Waals surface area contributed by atoms with Gasteiger partial charge in [0.25, 0.3) is 0 Å². The molecule has 1 aromatic rings. The van der Waals surface area contributed by atoms with Crippen molar-refractivity contribution in [3.05, 3.63) is 29.0 Å². The SMILES string of the molecule is NC1(c2ccc(Cl)nc2)CC1. The molecular formula is C8H9ClN2. The molecule has 2 nitrogen and oxygen atoms in total. The van der Waals surface area contributed by atoms with Crippen LogP contribution in [0, 0.1) is 0 Å². The lowest BCUT2D eigenvalue weighted by molar-refractivity contribution is 0.735. The minimum Gasteiger partial charge on any atom is -0.321 e. The summed E-state index contributed by atoms with van der Waals surface area (Å²) in [6, 6.07) is 3.73. The summed E-state index contributed by atoms with van der Waals surface area (Å²) in [6.45, 7) is 0. The van der Waals surface area contributed by atoms with Crippen LogP contribution in [-0.2, 0) is 5.54 Å². The molecule has 58 valence electrons. The second-order valence-corrected chi connectivity index (χ2v) is 3.41. The zero-order chi connectivity index (χ0) is 7.90. The minimum atomic E-state index is -0.0857. The molecule has 0 bridgehead atoms. The number of nitrogens with two attached hydrogens (primary N) is 1. The van der Waals surface area contributed by atoms with E-state index in [-0.39, 0.29) is 5.54 Å². The fourth-order valence-corrected chi connectivity index (χ4v) is 1.21. The first-order chi connectivity index (χ1) is 5.21. The van der Waals surface area contributed by atoms with Gasteiger partial charge in [-0.05, 0) is 24.5 Å². The fourth-order valence-electron chi connectivity index (χ4n) is 1.09. The third kappa shape index (κ3) is 1.24. The summed E-state index contributed by atoms with van der Waals surface area (Å²) >= 11 is 5.63. The number of hydrogen-bond donors (Lipinski definition) is 1. The topological polar surface area (TPSA) is 38.9 Å². The van der Waals surface area contributed by atoms with Gasteiger partial charge in [0.1, 0.15) is 5.15 Å². The summed E-state index contributed by atoms with van der Waals surface area (Å²) in [5.41, 5.74) is 6.95. The first-order valence-electron chi connectivity index (χ1n) is 3.62. The van der Waals surface area contributed by atoms with Crippen LogP contribution in [0.2, 0.25) is 5.15 Å². The molecular weight excluding hydrogens is 160 g/mol. The van der Waals surface area contributed by atoms with Gasteiger partial charge in [-0.1, -0.05) is 17.7 Å². The van der Waals surface area contributed by atoms with Gasteiger partial charge in [-0.2, -0.15) is 0 Å². The highest BCUT2D eigenvalue weighted by molar-refractivity contribution is 6.29. The monoisotopic (exact) mass is 168 g/mol. The zero-order valence-corrected chi connectivity index (χ0v) is 6.80. The van der Waals surface area contributed by atoms with E-state index in [1.165, 1.54) is 0 Å². The molecule has 11 heavy (non-hydrogen) atoms. The van der Waals surface area contributed by atoms with Gasteiger partial charge >= 0.3 is 0 Å². The number of pyridine rings is 1. The van der Waals surface area contributed by atoms with Gasteiger partial charge in [0.05, 0.1) is 0 Å². The first kappa shape index (κ1) is 7.07. The second kappa shape index (κ2) is 2.19. The van der Waals surface area contributed by atoms with E-state index < -0.39 is 0 Å². The summed E-state index contributed by atoms with van der Waals surface area (Å²) in [5, 5.41) is 0.526. The van der Waals surface area contributed by atoms with E-state index in [4.69, 9.17) is 17.3 Å². The molecule has 0 aromatic carbocycles. The van der Waals surface area contributed by atoms with E-state index >= 15 is 0 Å². The Morgan fingerprint density at radius 1 is 1.45 bits per heavy atom. The van der Waals surface area contributed by atoms with Crippen molar-refractivity contribution in [1.29, 1.82) is 0 Å². The highest BCUT2D eigenvalue weighted by Crippen LogP contribution is 2.42. The molecule has 0 spiro atoms. The smallest absolute Gasteiger partial charge is 0.129 e. The molecule has 1 heterocycles. The Labute approximate surface area is 70.4 Å². The molecule has 0 amide bonds. The van der Waals surface area contributed by atoms with E-state index in [9.17, 15) is 0 Å². The van der Waals surface area contributed by atoms with Crippen LogP contribution in [0.1, 0.15) is 18.4 Å². The van der Waals surface area contributed by atoms with Crippen molar-refractivity contribution in [3.8, 4) is 0 Å². The van der Waals surface area contributed by atoms with Gasteiger partial charge in [-0.25, -0.2) is 4.98 Å².